The molecule has 5 rings (SSSR count). The van der Waals surface area contributed by atoms with Gasteiger partial charge in [0.1, 0.15) is 10.7 Å². The Balaban J connectivity index is 1.35. The zero-order valence-corrected chi connectivity index (χ0v) is 24.1. The second kappa shape index (κ2) is 12.3. The van der Waals surface area contributed by atoms with Crippen molar-refractivity contribution in [3.05, 3.63) is 123 Å². The summed E-state index contributed by atoms with van der Waals surface area (Å²) in [5.74, 6) is 0.270. The minimum Gasteiger partial charge on any atom is -0.348 e. The smallest absolute Gasteiger partial charge is 0.270 e. The number of rotatable bonds is 11. The number of amides is 1. The number of carbonyl (C=O) groups excluding carboxylic acids is 1. The Labute approximate surface area is 237 Å². The van der Waals surface area contributed by atoms with Crippen LogP contribution < -0.4 is 5.32 Å². The van der Waals surface area contributed by atoms with Crippen LogP contribution >= 0.6 is 11.3 Å². The lowest BCUT2D eigenvalue weighted by molar-refractivity contribution is 0.0946. The number of nitrogens with one attached hydrogen (secondary N) is 1. The molecule has 1 aliphatic carbocycles. The van der Waals surface area contributed by atoms with Crippen molar-refractivity contribution in [3.63, 3.8) is 0 Å². The Morgan fingerprint density at radius 3 is 2.10 bits per heavy atom. The molecule has 0 unspecified atom stereocenters. The number of benzene rings is 3. The van der Waals surface area contributed by atoms with Crippen LogP contribution in [0.2, 0.25) is 0 Å². The fourth-order valence-electron chi connectivity index (χ4n) is 4.96. The predicted octanol–water partition coefficient (Wildman–Crippen LogP) is 7.56. The topological polar surface area (TPSA) is 45.2 Å². The highest BCUT2D eigenvalue weighted by molar-refractivity contribution is 7.09. The number of carbonyl (C=O) groups is 1. The van der Waals surface area contributed by atoms with E-state index in [0.717, 1.165) is 43.9 Å². The van der Waals surface area contributed by atoms with Gasteiger partial charge in [-0.15, -0.1) is 11.3 Å². The molecule has 1 amide bonds. The molecular weight excluding hydrogens is 498 g/mol. The molecule has 0 atom stereocenters. The Morgan fingerprint density at radius 1 is 0.923 bits per heavy atom. The minimum absolute atomic E-state index is 0.0439. The number of hydrogen-bond acceptors (Lipinski definition) is 4. The van der Waals surface area contributed by atoms with Crippen LogP contribution in [0.1, 0.15) is 83.7 Å². The average molecular weight is 538 g/mol. The molecule has 1 fully saturated rings. The average Bonchev–Trinajstić information content (AvgIpc) is 3.63. The summed E-state index contributed by atoms with van der Waals surface area (Å²) in [5, 5.41) is 5.95. The summed E-state index contributed by atoms with van der Waals surface area (Å²) in [6.07, 6.45) is 3.15. The van der Waals surface area contributed by atoms with Gasteiger partial charge in [-0.25, -0.2) is 4.98 Å². The van der Waals surface area contributed by atoms with E-state index in [9.17, 15) is 4.79 Å². The van der Waals surface area contributed by atoms with Crippen LogP contribution in [0.15, 0.2) is 90.3 Å². The normalized spacial score (nSPS) is 13.7. The van der Waals surface area contributed by atoms with E-state index in [1.54, 1.807) is 11.3 Å². The summed E-state index contributed by atoms with van der Waals surface area (Å²) in [5.41, 5.74) is 6.00. The molecule has 0 bridgehead atoms. The number of hydrogen-bond donors (Lipinski definition) is 1. The highest BCUT2D eigenvalue weighted by Crippen LogP contribution is 2.29. The van der Waals surface area contributed by atoms with E-state index >= 15 is 0 Å². The van der Waals surface area contributed by atoms with Gasteiger partial charge in [-0.05, 0) is 53.5 Å². The summed E-state index contributed by atoms with van der Waals surface area (Å²) >= 11 is 1.58. The molecule has 1 aliphatic rings. The fraction of sp³-hybridized carbons (Fsp3) is 0.353. The molecule has 4 nitrogen and oxygen atoms in total. The van der Waals surface area contributed by atoms with E-state index < -0.39 is 0 Å². The lowest BCUT2D eigenvalue weighted by atomic mass is 9.86. The van der Waals surface area contributed by atoms with E-state index in [1.165, 1.54) is 22.3 Å². The van der Waals surface area contributed by atoms with E-state index in [4.69, 9.17) is 4.98 Å². The molecule has 39 heavy (non-hydrogen) atoms. The van der Waals surface area contributed by atoms with Crippen molar-refractivity contribution in [2.45, 2.75) is 70.5 Å². The second-order valence-electron chi connectivity index (χ2n) is 11.7. The first-order valence-corrected chi connectivity index (χ1v) is 14.9. The van der Waals surface area contributed by atoms with Gasteiger partial charge < -0.3 is 5.32 Å². The monoisotopic (exact) mass is 537 g/mol. The summed E-state index contributed by atoms with van der Waals surface area (Å²) in [6, 6.07) is 31.0. The molecule has 0 spiro atoms. The van der Waals surface area contributed by atoms with Gasteiger partial charge in [-0.3, -0.25) is 9.69 Å². The highest BCUT2D eigenvalue weighted by Gasteiger charge is 2.25. The SMILES string of the molecule is CC(C)(C)c1ccc(CN(CCC(c2ccccc2)c2ccccc2)Cc2nc(C(=O)NC3CC3)cs2)cc1. The van der Waals surface area contributed by atoms with Gasteiger partial charge in [0.25, 0.3) is 5.91 Å². The summed E-state index contributed by atoms with van der Waals surface area (Å²) < 4.78 is 0. The van der Waals surface area contributed by atoms with Gasteiger partial charge in [0.15, 0.2) is 0 Å². The van der Waals surface area contributed by atoms with Crippen molar-refractivity contribution in [1.82, 2.24) is 15.2 Å². The van der Waals surface area contributed by atoms with Crippen LogP contribution in [0, 0.1) is 0 Å². The fourth-order valence-corrected chi connectivity index (χ4v) is 5.77. The van der Waals surface area contributed by atoms with Crippen molar-refractivity contribution in [2.24, 2.45) is 0 Å². The molecule has 4 aromatic rings. The van der Waals surface area contributed by atoms with Crippen LogP contribution in [-0.2, 0) is 18.5 Å². The van der Waals surface area contributed by atoms with Gasteiger partial charge >= 0.3 is 0 Å². The lowest BCUT2D eigenvalue weighted by Crippen LogP contribution is -2.27. The largest absolute Gasteiger partial charge is 0.348 e. The van der Waals surface area contributed by atoms with Gasteiger partial charge in [-0.1, -0.05) is 106 Å². The van der Waals surface area contributed by atoms with Crippen LogP contribution in [0.25, 0.3) is 0 Å². The summed E-state index contributed by atoms with van der Waals surface area (Å²) in [7, 11) is 0. The van der Waals surface area contributed by atoms with E-state index in [-0.39, 0.29) is 11.3 Å². The first kappa shape index (κ1) is 27.3. The molecule has 5 heteroatoms. The van der Waals surface area contributed by atoms with Crippen LogP contribution in [0.4, 0.5) is 0 Å². The zero-order valence-electron chi connectivity index (χ0n) is 23.3. The Kier molecular flexibility index (Phi) is 8.59. The minimum atomic E-state index is -0.0439. The molecule has 1 heterocycles. The van der Waals surface area contributed by atoms with Gasteiger partial charge in [0.05, 0.1) is 6.54 Å². The predicted molar refractivity (Wildman–Crippen MR) is 161 cm³/mol. The third kappa shape index (κ3) is 7.65. The maximum absolute atomic E-state index is 12.5. The van der Waals surface area contributed by atoms with Gasteiger partial charge in [0, 0.05) is 23.9 Å². The number of aromatic nitrogens is 1. The third-order valence-corrected chi connectivity index (χ3v) is 8.25. The quantitative estimate of drug-likeness (QED) is 0.215. The molecular formula is C34H39N3OS. The van der Waals surface area contributed by atoms with Gasteiger partial charge in [0.2, 0.25) is 0 Å². The van der Waals surface area contributed by atoms with Crippen molar-refractivity contribution in [1.29, 1.82) is 0 Å². The van der Waals surface area contributed by atoms with E-state index in [1.807, 2.05) is 5.38 Å². The third-order valence-electron chi connectivity index (χ3n) is 7.42. The maximum Gasteiger partial charge on any atom is 0.270 e. The molecule has 0 radical (unpaired) electrons. The van der Waals surface area contributed by atoms with E-state index in [2.05, 4.69) is 116 Å². The second-order valence-corrected chi connectivity index (χ2v) is 12.6. The van der Waals surface area contributed by atoms with Crippen LogP contribution in [0.3, 0.4) is 0 Å². The standard InChI is InChI=1S/C34H39N3OS/c1-34(2,3)28-16-14-25(15-17-28)22-37(23-32-36-31(24-39-32)33(38)35-29-18-19-29)21-20-30(26-10-6-4-7-11-26)27-12-8-5-9-13-27/h4-17,24,29-30H,18-23H2,1-3H3,(H,35,38). The number of nitrogens with zero attached hydrogens (tertiary/aromatic N) is 2. The Hall–Kier alpha value is -3.28. The van der Waals surface area contributed by atoms with Gasteiger partial charge in [-0.2, -0.15) is 0 Å². The van der Waals surface area contributed by atoms with Crippen molar-refractivity contribution in [2.75, 3.05) is 6.54 Å². The van der Waals surface area contributed by atoms with E-state index in [0.29, 0.717) is 17.7 Å². The molecule has 1 aromatic heterocycles. The van der Waals surface area contributed by atoms with Crippen molar-refractivity contribution in [3.8, 4) is 0 Å². The lowest BCUT2D eigenvalue weighted by Gasteiger charge is -2.26. The van der Waals surface area contributed by atoms with Crippen LogP contribution in [0.5, 0.6) is 0 Å². The molecule has 3 aromatic carbocycles. The maximum atomic E-state index is 12.5. The molecule has 1 N–H and O–H groups in total. The highest BCUT2D eigenvalue weighted by atomic mass is 32.1. The Bertz CT molecular complexity index is 1300. The van der Waals surface area contributed by atoms with Crippen molar-refractivity contribution < 1.29 is 4.79 Å². The Morgan fingerprint density at radius 2 is 1.54 bits per heavy atom. The van der Waals surface area contributed by atoms with Crippen molar-refractivity contribution >= 4 is 17.2 Å². The molecule has 202 valence electrons. The molecule has 1 saturated carbocycles. The molecule has 0 aliphatic heterocycles. The zero-order chi connectivity index (χ0) is 27.2. The first-order valence-electron chi connectivity index (χ1n) is 14.0. The first-order chi connectivity index (χ1) is 18.8. The molecule has 0 saturated heterocycles. The summed E-state index contributed by atoms with van der Waals surface area (Å²) in [4.78, 5) is 19.8. The van der Waals surface area contributed by atoms with Crippen LogP contribution in [-0.4, -0.2) is 28.4 Å². The number of thiazole rings is 1. The summed E-state index contributed by atoms with van der Waals surface area (Å²) in [6.45, 7) is 9.23.